The van der Waals surface area contributed by atoms with Crippen LogP contribution in [0.1, 0.15) is 37.0 Å². The molecule has 0 unspecified atom stereocenters. The normalized spacial score (nSPS) is 11.3. The second-order valence-corrected chi connectivity index (χ2v) is 5.46. The maximum absolute atomic E-state index is 11.9. The molecule has 0 aliphatic heterocycles. The summed E-state index contributed by atoms with van der Waals surface area (Å²) in [6.07, 6.45) is 3.72. The molecule has 0 aliphatic carbocycles. The predicted octanol–water partition coefficient (Wildman–Crippen LogP) is 2.15. The van der Waals surface area contributed by atoms with E-state index in [9.17, 15) is 4.79 Å². The van der Waals surface area contributed by atoms with Crippen molar-refractivity contribution in [3.63, 3.8) is 0 Å². The summed E-state index contributed by atoms with van der Waals surface area (Å²) in [7, 11) is 0. The predicted molar refractivity (Wildman–Crippen MR) is 80.8 cm³/mol. The topological polar surface area (TPSA) is 95.4 Å². The number of hydrogen-bond acceptors (Lipinski definition) is 7. The minimum Gasteiger partial charge on any atom is -0.462 e. The molecule has 3 aromatic rings. The molecule has 0 bridgehead atoms. The molecule has 3 heterocycles. The molecule has 120 valence electrons. The number of aromatic nitrogens is 5. The Kier molecular flexibility index (Phi) is 4.05. The van der Waals surface area contributed by atoms with Crippen LogP contribution in [0.2, 0.25) is 0 Å². The van der Waals surface area contributed by atoms with Gasteiger partial charge in [0.1, 0.15) is 11.3 Å². The summed E-state index contributed by atoms with van der Waals surface area (Å²) in [6, 6.07) is 1.71. The van der Waals surface area contributed by atoms with Crippen LogP contribution in [0, 0.1) is 5.92 Å². The van der Waals surface area contributed by atoms with Crippen molar-refractivity contribution in [1.29, 1.82) is 0 Å². The van der Waals surface area contributed by atoms with Gasteiger partial charge in [-0.05, 0) is 18.9 Å². The van der Waals surface area contributed by atoms with E-state index in [0.717, 1.165) is 6.42 Å². The van der Waals surface area contributed by atoms with E-state index in [0.29, 0.717) is 34.5 Å². The zero-order chi connectivity index (χ0) is 16.4. The average molecular weight is 315 g/mol. The van der Waals surface area contributed by atoms with E-state index >= 15 is 0 Å². The van der Waals surface area contributed by atoms with Gasteiger partial charge in [-0.1, -0.05) is 19.0 Å². The van der Waals surface area contributed by atoms with Gasteiger partial charge in [0.2, 0.25) is 0 Å². The number of carbonyl (C=O) groups is 1. The van der Waals surface area contributed by atoms with Gasteiger partial charge in [-0.15, -0.1) is 0 Å². The van der Waals surface area contributed by atoms with Crippen molar-refractivity contribution in [2.45, 2.75) is 27.2 Å². The molecule has 0 radical (unpaired) electrons. The number of hydrogen-bond donors (Lipinski definition) is 0. The largest absolute Gasteiger partial charge is 0.462 e. The lowest BCUT2D eigenvalue weighted by Crippen LogP contribution is -2.05. The summed E-state index contributed by atoms with van der Waals surface area (Å²) in [5.41, 5.74) is 1.27. The van der Waals surface area contributed by atoms with Crippen molar-refractivity contribution < 1.29 is 14.1 Å². The van der Waals surface area contributed by atoms with E-state index in [1.807, 2.05) is 0 Å². The van der Waals surface area contributed by atoms with Crippen LogP contribution in [-0.2, 0) is 11.2 Å². The Labute approximate surface area is 132 Å². The van der Waals surface area contributed by atoms with Gasteiger partial charge in [0.15, 0.2) is 11.5 Å². The molecule has 0 atom stereocenters. The quantitative estimate of drug-likeness (QED) is 0.666. The fourth-order valence-corrected chi connectivity index (χ4v) is 2.21. The molecular formula is C15H17N5O3. The van der Waals surface area contributed by atoms with Crippen LogP contribution in [0.4, 0.5) is 0 Å². The minimum atomic E-state index is -0.460. The summed E-state index contributed by atoms with van der Waals surface area (Å²) < 4.78 is 11.8. The SMILES string of the molecule is CCOC(=O)c1cnn2c(-c3nc(CC(C)C)no3)ccnc12. The first-order valence-corrected chi connectivity index (χ1v) is 7.43. The molecule has 0 N–H and O–H groups in total. The smallest absolute Gasteiger partial charge is 0.343 e. The molecule has 3 aromatic heterocycles. The van der Waals surface area contributed by atoms with Crippen LogP contribution in [0.5, 0.6) is 0 Å². The monoisotopic (exact) mass is 315 g/mol. The van der Waals surface area contributed by atoms with E-state index in [2.05, 4.69) is 34.1 Å². The third kappa shape index (κ3) is 2.92. The lowest BCUT2D eigenvalue weighted by atomic mass is 10.1. The number of nitrogens with zero attached hydrogens (tertiary/aromatic N) is 5. The molecule has 0 amide bonds. The molecule has 8 heteroatoms. The Hall–Kier alpha value is -2.77. The molecule has 0 fully saturated rings. The van der Waals surface area contributed by atoms with E-state index in [1.54, 1.807) is 19.2 Å². The van der Waals surface area contributed by atoms with Crippen molar-refractivity contribution in [1.82, 2.24) is 24.7 Å². The van der Waals surface area contributed by atoms with Gasteiger partial charge in [-0.2, -0.15) is 10.1 Å². The van der Waals surface area contributed by atoms with Crippen LogP contribution in [0.3, 0.4) is 0 Å². The Morgan fingerprint density at radius 1 is 1.43 bits per heavy atom. The number of esters is 1. The zero-order valence-electron chi connectivity index (χ0n) is 13.2. The summed E-state index contributed by atoms with van der Waals surface area (Å²) in [6.45, 7) is 6.20. The third-order valence-electron chi connectivity index (χ3n) is 3.17. The molecule has 0 saturated heterocycles. The maximum atomic E-state index is 11.9. The Morgan fingerprint density at radius 2 is 2.26 bits per heavy atom. The Bertz CT molecular complexity index is 837. The number of rotatable bonds is 5. The van der Waals surface area contributed by atoms with E-state index in [4.69, 9.17) is 9.26 Å². The summed E-state index contributed by atoms with van der Waals surface area (Å²) in [5, 5.41) is 8.17. The first-order valence-electron chi connectivity index (χ1n) is 7.43. The maximum Gasteiger partial charge on any atom is 0.343 e. The number of ether oxygens (including phenoxy) is 1. The van der Waals surface area contributed by atoms with Crippen molar-refractivity contribution in [2.75, 3.05) is 6.61 Å². The van der Waals surface area contributed by atoms with Crippen molar-refractivity contribution in [3.05, 3.63) is 29.8 Å². The Balaban J connectivity index is 2.02. The zero-order valence-corrected chi connectivity index (χ0v) is 13.2. The summed E-state index contributed by atoms with van der Waals surface area (Å²) in [5.74, 6) is 0.945. The van der Waals surface area contributed by atoms with Crippen molar-refractivity contribution in [2.24, 2.45) is 5.92 Å². The second-order valence-electron chi connectivity index (χ2n) is 5.46. The molecule has 8 nitrogen and oxygen atoms in total. The average Bonchev–Trinajstić information content (AvgIpc) is 3.13. The number of fused-ring (bicyclic) bond motifs is 1. The van der Waals surface area contributed by atoms with Gasteiger partial charge in [0.25, 0.3) is 5.89 Å². The Morgan fingerprint density at radius 3 is 3.00 bits per heavy atom. The van der Waals surface area contributed by atoms with Gasteiger partial charge in [-0.25, -0.2) is 14.3 Å². The van der Waals surface area contributed by atoms with Crippen LogP contribution >= 0.6 is 0 Å². The van der Waals surface area contributed by atoms with Crippen molar-refractivity contribution >= 4 is 11.6 Å². The highest BCUT2D eigenvalue weighted by molar-refractivity contribution is 5.95. The standard InChI is InChI=1S/C15H17N5O3/c1-4-22-15(21)10-8-17-20-11(5-6-16-13(10)20)14-18-12(19-23-14)7-9(2)3/h5-6,8-9H,4,7H2,1-3H3. The van der Waals surface area contributed by atoms with Gasteiger partial charge in [0.05, 0.1) is 12.8 Å². The third-order valence-corrected chi connectivity index (χ3v) is 3.17. The number of carbonyl (C=O) groups excluding carboxylic acids is 1. The van der Waals surface area contributed by atoms with Crippen LogP contribution < -0.4 is 0 Å². The highest BCUT2D eigenvalue weighted by Crippen LogP contribution is 2.20. The van der Waals surface area contributed by atoms with Crippen LogP contribution in [-0.4, -0.2) is 37.3 Å². The molecule has 0 aliphatic rings. The fraction of sp³-hybridized carbons (Fsp3) is 0.400. The first kappa shape index (κ1) is 15.1. The lowest BCUT2D eigenvalue weighted by Gasteiger charge is -2.01. The van der Waals surface area contributed by atoms with Crippen molar-refractivity contribution in [3.8, 4) is 11.6 Å². The summed E-state index contributed by atoms with van der Waals surface area (Å²) >= 11 is 0. The van der Waals surface area contributed by atoms with E-state index in [-0.39, 0.29) is 6.61 Å². The molecule has 0 aromatic carbocycles. The lowest BCUT2D eigenvalue weighted by molar-refractivity contribution is 0.0528. The van der Waals surface area contributed by atoms with Gasteiger partial charge >= 0.3 is 5.97 Å². The van der Waals surface area contributed by atoms with E-state index in [1.165, 1.54) is 10.7 Å². The molecular weight excluding hydrogens is 298 g/mol. The second kappa shape index (κ2) is 6.15. The minimum absolute atomic E-state index is 0.290. The molecule has 0 spiro atoms. The fourth-order valence-electron chi connectivity index (χ4n) is 2.21. The van der Waals surface area contributed by atoms with Gasteiger partial charge in [0, 0.05) is 12.6 Å². The van der Waals surface area contributed by atoms with Gasteiger partial charge in [-0.3, -0.25) is 0 Å². The van der Waals surface area contributed by atoms with Crippen LogP contribution in [0.15, 0.2) is 23.0 Å². The summed E-state index contributed by atoms with van der Waals surface area (Å²) in [4.78, 5) is 20.5. The highest BCUT2D eigenvalue weighted by Gasteiger charge is 2.19. The molecule has 23 heavy (non-hydrogen) atoms. The first-order chi connectivity index (χ1) is 11.1. The van der Waals surface area contributed by atoms with Crippen LogP contribution in [0.25, 0.3) is 17.2 Å². The molecule has 0 saturated carbocycles. The highest BCUT2D eigenvalue weighted by atomic mass is 16.5. The molecule has 3 rings (SSSR count). The van der Waals surface area contributed by atoms with Gasteiger partial charge < -0.3 is 9.26 Å². The van der Waals surface area contributed by atoms with E-state index < -0.39 is 5.97 Å².